The smallest absolute Gasteiger partial charge is 0.247 e. The van der Waals surface area contributed by atoms with Gasteiger partial charge in [0.1, 0.15) is 17.9 Å². The molecule has 0 unspecified atom stereocenters. The molecule has 2 atom stereocenters. The van der Waals surface area contributed by atoms with Gasteiger partial charge < -0.3 is 25.0 Å². The van der Waals surface area contributed by atoms with Crippen LogP contribution in [0.2, 0.25) is 0 Å². The third kappa shape index (κ3) is 6.30. The maximum absolute atomic E-state index is 14.0. The molecule has 1 aromatic heterocycles. The largest absolute Gasteiger partial charge is 0.494 e. The lowest BCUT2D eigenvalue weighted by Gasteiger charge is -2.32. The molecular formula is C31H35F2N7O4. The Bertz CT molecular complexity index is 1520. The van der Waals surface area contributed by atoms with Crippen LogP contribution in [0.15, 0.2) is 55.4 Å². The molecule has 3 aliphatic heterocycles. The fourth-order valence-corrected chi connectivity index (χ4v) is 5.97. The van der Waals surface area contributed by atoms with E-state index in [1.807, 2.05) is 12.1 Å². The van der Waals surface area contributed by atoms with Crippen LogP contribution >= 0.6 is 0 Å². The van der Waals surface area contributed by atoms with Crippen molar-refractivity contribution >= 4 is 34.6 Å². The van der Waals surface area contributed by atoms with E-state index in [-0.39, 0.29) is 11.9 Å². The van der Waals surface area contributed by atoms with Crippen LogP contribution in [0, 0.1) is 11.6 Å². The standard InChI is InChI=1S/C31H35F2N7O4/c1-3-31(41)37-24-15-25(28(42-2)16-27(24)39-8-6-21(18-39)38-9-12-43-13-10-38)36-29-17-30(35-19-34-29)40-26(7-11-44-40)20-4-5-22(32)23(33)14-20/h3-5,14-17,19,21,26H,1,6-13,18H2,2H3,(H,37,41)(H,34,35,36)/t21-,26+/m0/s1. The van der Waals surface area contributed by atoms with Gasteiger partial charge in [-0.05, 0) is 36.3 Å². The number of benzene rings is 2. The van der Waals surface area contributed by atoms with Gasteiger partial charge in [0.2, 0.25) is 5.91 Å². The van der Waals surface area contributed by atoms with Gasteiger partial charge in [0.05, 0.1) is 50.0 Å². The fourth-order valence-electron chi connectivity index (χ4n) is 5.97. The Hall–Kier alpha value is -4.33. The molecule has 0 radical (unpaired) electrons. The van der Waals surface area contributed by atoms with E-state index in [1.54, 1.807) is 24.3 Å². The topological polar surface area (TPSA) is 104 Å². The van der Waals surface area contributed by atoms with Crippen molar-refractivity contribution in [2.45, 2.75) is 24.9 Å². The van der Waals surface area contributed by atoms with Crippen LogP contribution in [-0.2, 0) is 14.4 Å². The monoisotopic (exact) mass is 607 g/mol. The van der Waals surface area contributed by atoms with E-state index in [1.165, 1.54) is 18.5 Å². The van der Waals surface area contributed by atoms with Gasteiger partial charge in [-0.2, -0.15) is 0 Å². The van der Waals surface area contributed by atoms with E-state index in [9.17, 15) is 13.6 Å². The van der Waals surface area contributed by atoms with E-state index in [0.717, 1.165) is 57.6 Å². The molecule has 232 valence electrons. The number of rotatable bonds is 9. The summed E-state index contributed by atoms with van der Waals surface area (Å²) in [6.45, 7) is 8.95. The molecule has 2 N–H and O–H groups in total. The van der Waals surface area contributed by atoms with Crippen LogP contribution in [-0.4, -0.2) is 79.9 Å². The number of nitrogens with zero attached hydrogens (tertiary/aromatic N) is 5. The third-order valence-electron chi connectivity index (χ3n) is 8.20. The highest BCUT2D eigenvalue weighted by atomic mass is 19.2. The molecule has 3 aliphatic rings. The minimum absolute atomic E-state index is 0.329. The molecule has 2 aromatic carbocycles. The lowest BCUT2D eigenvalue weighted by atomic mass is 10.0. The summed E-state index contributed by atoms with van der Waals surface area (Å²) in [6, 6.07) is 9.29. The molecular weight excluding hydrogens is 572 g/mol. The molecule has 3 fully saturated rings. The Morgan fingerprint density at radius 1 is 1.05 bits per heavy atom. The number of halogens is 2. The fraction of sp³-hybridized carbons (Fsp3) is 0.387. The Labute approximate surface area is 254 Å². The molecule has 4 heterocycles. The quantitative estimate of drug-likeness (QED) is 0.340. The van der Waals surface area contributed by atoms with Crippen molar-refractivity contribution in [3.63, 3.8) is 0 Å². The average molecular weight is 608 g/mol. The van der Waals surface area contributed by atoms with Gasteiger partial charge in [-0.15, -0.1) is 0 Å². The number of hydrogen-bond acceptors (Lipinski definition) is 10. The molecule has 0 bridgehead atoms. The van der Waals surface area contributed by atoms with Crippen molar-refractivity contribution in [3.8, 4) is 5.75 Å². The average Bonchev–Trinajstić information content (AvgIpc) is 3.74. The number of hydroxylamine groups is 1. The lowest BCUT2D eigenvalue weighted by molar-refractivity contribution is -0.111. The van der Waals surface area contributed by atoms with Gasteiger partial charge in [0, 0.05) is 50.8 Å². The molecule has 13 heteroatoms. The maximum Gasteiger partial charge on any atom is 0.247 e. The van der Waals surface area contributed by atoms with Crippen molar-refractivity contribution in [2.24, 2.45) is 0 Å². The van der Waals surface area contributed by atoms with E-state index < -0.39 is 11.6 Å². The maximum atomic E-state index is 14.0. The molecule has 3 saturated heterocycles. The number of aromatic nitrogens is 2. The number of anilines is 5. The minimum Gasteiger partial charge on any atom is -0.494 e. The van der Waals surface area contributed by atoms with Crippen molar-refractivity contribution < 1.29 is 27.9 Å². The summed E-state index contributed by atoms with van der Waals surface area (Å²) in [7, 11) is 1.59. The van der Waals surface area contributed by atoms with Crippen molar-refractivity contribution in [1.29, 1.82) is 0 Å². The lowest BCUT2D eigenvalue weighted by Crippen LogP contribution is -2.44. The van der Waals surface area contributed by atoms with Gasteiger partial charge in [0.25, 0.3) is 0 Å². The van der Waals surface area contributed by atoms with Gasteiger partial charge in [0.15, 0.2) is 17.5 Å². The van der Waals surface area contributed by atoms with Crippen molar-refractivity contribution in [2.75, 3.05) is 73.7 Å². The van der Waals surface area contributed by atoms with E-state index in [2.05, 4.69) is 37.0 Å². The third-order valence-corrected chi connectivity index (χ3v) is 8.20. The van der Waals surface area contributed by atoms with E-state index >= 15 is 0 Å². The number of carbonyl (C=O) groups excluding carboxylic acids is 1. The predicted octanol–water partition coefficient (Wildman–Crippen LogP) is 4.43. The highest BCUT2D eigenvalue weighted by Gasteiger charge is 2.32. The normalized spacial score (nSPS) is 20.5. The van der Waals surface area contributed by atoms with E-state index in [0.29, 0.717) is 53.4 Å². The predicted molar refractivity (Wildman–Crippen MR) is 162 cm³/mol. The van der Waals surface area contributed by atoms with Crippen LogP contribution < -0.4 is 25.3 Å². The highest BCUT2D eigenvalue weighted by molar-refractivity contribution is 6.02. The van der Waals surface area contributed by atoms with Crippen LogP contribution in [0.3, 0.4) is 0 Å². The number of nitrogens with one attached hydrogen (secondary N) is 2. The van der Waals surface area contributed by atoms with Crippen LogP contribution in [0.1, 0.15) is 24.4 Å². The van der Waals surface area contributed by atoms with Gasteiger partial charge in [-0.3, -0.25) is 14.5 Å². The first-order valence-electron chi connectivity index (χ1n) is 14.6. The minimum atomic E-state index is -0.917. The Balaban J connectivity index is 1.26. The zero-order valence-electron chi connectivity index (χ0n) is 24.5. The second-order valence-corrected chi connectivity index (χ2v) is 10.8. The number of methoxy groups -OCH3 is 1. The summed E-state index contributed by atoms with van der Waals surface area (Å²) >= 11 is 0. The number of amides is 1. The number of carbonyl (C=O) groups is 1. The van der Waals surface area contributed by atoms with E-state index in [4.69, 9.17) is 14.3 Å². The second-order valence-electron chi connectivity index (χ2n) is 10.8. The molecule has 44 heavy (non-hydrogen) atoms. The molecule has 0 saturated carbocycles. The Kier molecular flexibility index (Phi) is 8.87. The van der Waals surface area contributed by atoms with Gasteiger partial charge >= 0.3 is 0 Å². The summed E-state index contributed by atoms with van der Waals surface area (Å²) in [5.74, 6) is -0.710. The number of morpholine rings is 1. The zero-order chi connectivity index (χ0) is 30.6. The summed E-state index contributed by atoms with van der Waals surface area (Å²) in [5, 5.41) is 7.81. The van der Waals surface area contributed by atoms with Gasteiger partial charge in [-0.1, -0.05) is 12.6 Å². The van der Waals surface area contributed by atoms with Crippen molar-refractivity contribution in [3.05, 3.63) is 72.6 Å². The molecule has 11 nitrogen and oxygen atoms in total. The molecule has 6 rings (SSSR count). The highest BCUT2D eigenvalue weighted by Crippen LogP contribution is 2.41. The SMILES string of the molecule is C=CC(=O)Nc1cc(Nc2cc(N3OCC[C@@H]3c3ccc(F)c(F)c3)ncn2)c(OC)cc1N1CC[C@H](N2CCOCC2)C1. The second kappa shape index (κ2) is 13.1. The van der Waals surface area contributed by atoms with Crippen LogP contribution in [0.4, 0.5) is 37.5 Å². The molecule has 0 aliphatic carbocycles. The number of ether oxygens (including phenoxy) is 2. The van der Waals surface area contributed by atoms with Crippen LogP contribution in [0.5, 0.6) is 5.75 Å². The summed E-state index contributed by atoms with van der Waals surface area (Å²) < 4.78 is 38.8. The Morgan fingerprint density at radius 3 is 2.66 bits per heavy atom. The first kappa shape index (κ1) is 29.7. The van der Waals surface area contributed by atoms with Gasteiger partial charge in [-0.25, -0.2) is 23.8 Å². The first-order valence-corrected chi connectivity index (χ1v) is 14.6. The molecule has 3 aromatic rings. The summed E-state index contributed by atoms with van der Waals surface area (Å²) in [6.07, 6.45) is 4.20. The summed E-state index contributed by atoms with van der Waals surface area (Å²) in [5.41, 5.74) is 2.61. The first-order chi connectivity index (χ1) is 21.4. The Morgan fingerprint density at radius 2 is 1.89 bits per heavy atom. The summed E-state index contributed by atoms with van der Waals surface area (Å²) in [4.78, 5) is 31.8. The zero-order valence-corrected chi connectivity index (χ0v) is 24.5. The molecule has 0 spiro atoms. The molecule has 1 amide bonds. The van der Waals surface area contributed by atoms with Crippen molar-refractivity contribution in [1.82, 2.24) is 14.9 Å². The van der Waals surface area contributed by atoms with Crippen LogP contribution in [0.25, 0.3) is 0 Å². The number of hydrogen-bond donors (Lipinski definition) is 2.